The van der Waals surface area contributed by atoms with Gasteiger partial charge in [-0.1, -0.05) is 37.3 Å². The number of nitrogens with one attached hydrogen (secondary N) is 1. The number of pyridine rings is 2. The van der Waals surface area contributed by atoms with Crippen molar-refractivity contribution in [1.82, 2.24) is 15.0 Å². The van der Waals surface area contributed by atoms with Crippen molar-refractivity contribution >= 4 is 17.1 Å². The van der Waals surface area contributed by atoms with Crippen LogP contribution in [0.25, 0.3) is 28.4 Å². The number of aromatic nitrogens is 3. The number of fused-ring (bicyclic) bond motifs is 4. The third-order valence-corrected chi connectivity index (χ3v) is 6.06. The van der Waals surface area contributed by atoms with E-state index in [0.29, 0.717) is 0 Å². The fourth-order valence-corrected chi connectivity index (χ4v) is 4.46. The van der Waals surface area contributed by atoms with Gasteiger partial charge >= 0.3 is 0 Å². The molecule has 0 radical (unpaired) electrons. The lowest BCUT2D eigenvalue weighted by Gasteiger charge is -2.14. The first-order chi connectivity index (χ1) is 14.7. The van der Waals surface area contributed by atoms with E-state index in [1.807, 2.05) is 13.0 Å². The Morgan fingerprint density at radius 3 is 2.73 bits per heavy atom. The molecule has 0 amide bonds. The Labute approximate surface area is 177 Å². The summed E-state index contributed by atoms with van der Waals surface area (Å²) in [5, 5.41) is 0. The molecular formula is C27H27N3. The number of benzene rings is 1. The van der Waals surface area contributed by atoms with Gasteiger partial charge in [0.25, 0.3) is 0 Å². The maximum Gasteiger partial charge on any atom is 0.0890 e. The van der Waals surface area contributed by atoms with Gasteiger partial charge in [-0.25, -0.2) is 0 Å². The minimum Gasteiger partial charge on any atom is -0.358 e. The number of aryl methyl sites for hydroxylation is 5. The minimum absolute atomic E-state index is 0.920. The molecule has 0 spiro atoms. The first kappa shape index (κ1) is 18.8. The SMILES string of the molecule is CCc1cccc2c1C=CCCc1cc(CCc3ccc4nc(C)ccc4n3)[nH]c1-2. The van der Waals surface area contributed by atoms with Crippen molar-refractivity contribution in [3.05, 3.63) is 88.4 Å². The van der Waals surface area contributed by atoms with Crippen molar-refractivity contribution in [3.8, 4) is 11.3 Å². The molecule has 0 fully saturated rings. The Kier molecular flexibility index (Phi) is 4.96. The molecule has 150 valence electrons. The lowest BCUT2D eigenvalue weighted by atomic mass is 9.92. The summed E-state index contributed by atoms with van der Waals surface area (Å²) in [5.74, 6) is 0. The van der Waals surface area contributed by atoms with Crippen LogP contribution < -0.4 is 0 Å². The second kappa shape index (κ2) is 7.91. The molecule has 3 heteroatoms. The lowest BCUT2D eigenvalue weighted by Crippen LogP contribution is -1.97. The van der Waals surface area contributed by atoms with Crippen molar-refractivity contribution in [2.24, 2.45) is 0 Å². The molecule has 1 N–H and O–H groups in total. The zero-order valence-corrected chi connectivity index (χ0v) is 17.7. The van der Waals surface area contributed by atoms with Crippen LogP contribution in [0.5, 0.6) is 0 Å². The number of allylic oxidation sites excluding steroid dienone is 1. The number of rotatable bonds is 4. The minimum atomic E-state index is 0.920. The van der Waals surface area contributed by atoms with Crippen LogP contribution in [0.2, 0.25) is 0 Å². The highest BCUT2D eigenvalue weighted by Crippen LogP contribution is 2.33. The van der Waals surface area contributed by atoms with Gasteiger partial charge in [0.2, 0.25) is 0 Å². The van der Waals surface area contributed by atoms with Gasteiger partial charge in [0, 0.05) is 28.3 Å². The molecule has 3 nitrogen and oxygen atoms in total. The summed E-state index contributed by atoms with van der Waals surface area (Å²) in [6.45, 7) is 4.25. The molecule has 1 aliphatic carbocycles. The molecule has 0 atom stereocenters. The standard InChI is InChI=1S/C27H27N3/c1-3-19-8-6-10-24-23(19)9-5-4-7-20-17-22(30-27(20)24)13-12-21-14-16-25-26(29-21)15-11-18(2)28-25/h5-6,8-11,14-17,30H,3-4,7,12-13H2,1-2H3. The maximum atomic E-state index is 4.82. The lowest BCUT2D eigenvalue weighted by molar-refractivity contribution is 0.895. The van der Waals surface area contributed by atoms with Crippen LogP contribution in [0.1, 0.15) is 47.1 Å². The predicted octanol–water partition coefficient (Wildman–Crippen LogP) is 6.24. The molecule has 3 aromatic heterocycles. The molecule has 3 heterocycles. The average Bonchev–Trinajstić information content (AvgIpc) is 3.15. The van der Waals surface area contributed by atoms with Crippen LogP contribution in [-0.4, -0.2) is 15.0 Å². The van der Waals surface area contributed by atoms with Gasteiger partial charge in [0.05, 0.1) is 11.0 Å². The van der Waals surface area contributed by atoms with Crippen LogP contribution in [0.4, 0.5) is 0 Å². The van der Waals surface area contributed by atoms with E-state index in [-0.39, 0.29) is 0 Å². The van der Waals surface area contributed by atoms with Gasteiger partial charge in [-0.2, -0.15) is 0 Å². The predicted molar refractivity (Wildman–Crippen MR) is 125 cm³/mol. The van der Waals surface area contributed by atoms with E-state index in [1.165, 1.54) is 33.6 Å². The molecule has 1 aliphatic rings. The zero-order chi connectivity index (χ0) is 20.5. The van der Waals surface area contributed by atoms with Crippen molar-refractivity contribution < 1.29 is 0 Å². The van der Waals surface area contributed by atoms with Gasteiger partial charge in [-0.3, -0.25) is 9.97 Å². The van der Waals surface area contributed by atoms with Crippen LogP contribution in [0.15, 0.2) is 54.6 Å². The molecule has 0 saturated heterocycles. The fourth-order valence-electron chi connectivity index (χ4n) is 4.46. The zero-order valence-electron chi connectivity index (χ0n) is 17.7. The molecule has 0 saturated carbocycles. The third kappa shape index (κ3) is 3.56. The number of hydrogen-bond donors (Lipinski definition) is 1. The number of hydrogen-bond acceptors (Lipinski definition) is 2. The highest BCUT2D eigenvalue weighted by Gasteiger charge is 2.16. The van der Waals surface area contributed by atoms with E-state index < -0.39 is 0 Å². The molecule has 0 bridgehead atoms. The summed E-state index contributed by atoms with van der Waals surface area (Å²) in [6.07, 6.45) is 9.73. The van der Waals surface area contributed by atoms with E-state index in [4.69, 9.17) is 4.98 Å². The van der Waals surface area contributed by atoms with Crippen LogP contribution in [0.3, 0.4) is 0 Å². The molecule has 4 aromatic rings. The van der Waals surface area contributed by atoms with Gasteiger partial charge < -0.3 is 4.98 Å². The molecular weight excluding hydrogens is 366 g/mol. The maximum absolute atomic E-state index is 4.82. The van der Waals surface area contributed by atoms with Gasteiger partial charge in [-0.05, 0) is 86.1 Å². The summed E-state index contributed by atoms with van der Waals surface area (Å²) >= 11 is 0. The van der Waals surface area contributed by atoms with Crippen LogP contribution in [0, 0.1) is 6.92 Å². The molecule has 5 rings (SSSR count). The van der Waals surface area contributed by atoms with Crippen molar-refractivity contribution in [1.29, 1.82) is 0 Å². The average molecular weight is 394 g/mol. The summed E-state index contributed by atoms with van der Waals surface area (Å²) in [5.41, 5.74) is 12.2. The second-order valence-corrected chi connectivity index (χ2v) is 8.16. The topological polar surface area (TPSA) is 41.6 Å². The van der Waals surface area contributed by atoms with Crippen molar-refractivity contribution in [3.63, 3.8) is 0 Å². The summed E-state index contributed by atoms with van der Waals surface area (Å²) in [6, 6.07) is 17.3. The first-order valence-corrected chi connectivity index (χ1v) is 10.9. The fraction of sp³-hybridized carbons (Fsp3) is 0.259. The van der Waals surface area contributed by atoms with Gasteiger partial charge in [-0.15, -0.1) is 0 Å². The Bertz CT molecular complexity index is 1250. The Hall–Kier alpha value is -3.20. The number of H-pyrrole nitrogens is 1. The number of aromatic amines is 1. The smallest absolute Gasteiger partial charge is 0.0890 e. The normalized spacial score (nSPS) is 13.0. The monoisotopic (exact) mass is 393 g/mol. The molecule has 1 aromatic carbocycles. The summed E-state index contributed by atoms with van der Waals surface area (Å²) < 4.78 is 0. The highest BCUT2D eigenvalue weighted by atomic mass is 14.8. The molecule has 0 aliphatic heterocycles. The quantitative estimate of drug-likeness (QED) is 0.446. The number of nitrogens with zero attached hydrogens (tertiary/aromatic N) is 2. The van der Waals surface area contributed by atoms with E-state index in [0.717, 1.165) is 54.5 Å². The van der Waals surface area contributed by atoms with E-state index in [1.54, 1.807) is 0 Å². The third-order valence-electron chi connectivity index (χ3n) is 6.06. The van der Waals surface area contributed by atoms with Crippen molar-refractivity contribution in [2.75, 3.05) is 0 Å². The Morgan fingerprint density at radius 1 is 0.967 bits per heavy atom. The van der Waals surface area contributed by atoms with E-state index in [2.05, 4.69) is 71.5 Å². The first-order valence-electron chi connectivity index (χ1n) is 10.9. The van der Waals surface area contributed by atoms with Crippen molar-refractivity contribution in [2.45, 2.75) is 46.0 Å². The summed E-state index contributed by atoms with van der Waals surface area (Å²) in [7, 11) is 0. The summed E-state index contributed by atoms with van der Waals surface area (Å²) in [4.78, 5) is 13.1. The molecule has 30 heavy (non-hydrogen) atoms. The van der Waals surface area contributed by atoms with E-state index in [9.17, 15) is 0 Å². The van der Waals surface area contributed by atoms with Gasteiger partial charge in [0.1, 0.15) is 0 Å². The van der Waals surface area contributed by atoms with Gasteiger partial charge in [0.15, 0.2) is 0 Å². The van der Waals surface area contributed by atoms with E-state index >= 15 is 0 Å². The highest BCUT2D eigenvalue weighted by molar-refractivity contribution is 5.78. The molecule has 0 unspecified atom stereocenters. The Balaban J connectivity index is 1.43. The van der Waals surface area contributed by atoms with Crippen LogP contribution >= 0.6 is 0 Å². The Morgan fingerprint density at radius 2 is 1.83 bits per heavy atom. The van der Waals surface area contributed by atoms with Crippen LogP contribution in [-0.2, 0) is 25.7 Å². The largest absolute Gasteiger partial charge is 0.358 e. The second-order valence-electron chi connectivity index (χ2n) is 8.16.